The van der Waals surface area contributed by atoms with E-state index >= 15 is 0 Å². The van der Waals surface area contributed by atoms with E-state index in [0.717, 1.165) is 0 Å². The average Bonchev–Trinajstić information content (AvgIpc) is 2.67. The fraction of sp³-hybridized carbons (Fsp3) is 0.263. The van der Waals surface area contributed by atoms with Crippen LogP contribution in [0.5, 0.6) is 17.2 Å². The molecule has 27 heavy (non-hydrogen) atoms. The molecular formula is C19H18ClNO6. The first-order chi connectivity index (χ1) is 13.0. The van der Waals surface area contributed by atoms with E-state index in [1.165, 1.54) is 6.92 Å². The van der Waals surface area contributed by atoms with Crippen LogP contribution in [-0.4, -0.2) is 37.8 Å². The smallest absolute Gasteiger partial charge is 0.347 e. The van der Waals surface area contributed by atoms with E-state index in [0.29, 0.717) is 41.2 Å². The lowest BCUT2D eigenvalue weighted by molar-refractivity contribution is -0.153. The summed E-state index contributed by atoms with van der Waals surface area (Å²) in [5, 5.41) is 3.20. The molecule has 0 aromatic heterocycles. The second-order valence-corrected chi connectivity index (χ2v) is 6.16. The number of benzene rings is 2. The summed E-state index contributed by atoms with van der Waals surface area (Å²) in [4.78, 5) is 24.0. The normalized spacial score (nSPS) is 13.4. The topological polar surface area (TPSA) is 83.1 Å². The second-order valence-electron chi connectivity index (χ2n) is 5.73. The monoisotopic (exact) mass is 391 g/mol. The SMILES string of the molecule is CC(Oc1ccc(Cl)cc1)C(=O)OCC(=O)Nc1ccc2c(c1)OCCO2. The van der Waals surface area contributed by atoms with Crippen molar-refractivity contribution in [3.05, 3.63) is 47.5 Å². The molecule has 0 aliphatic carbocycles. The maximum absolute atomic E-state index is 12.0. The van der Waals surface area contributed by atoms with Gasteiger partial charge in [0.2, 0.25) is 0 Å². The number of rotatable bonds is 6. The molecule has 1 N–H and O–H groups in total. The van der Waals surface area contributed by atoms with E-state index in [9.17, 15) is 9.59 Å². The van der Waals surface area contributed by atoms with Crippen LogP contribution in [0.25, 0.3) is 0 Å². The highest BCUT2D eigenvalue weighted by Crippen LogP contribution is 2.32. The molecule has 1 aliphatic rings. The van der Waals surface area contributed by atoms with Crippen molar-refractivity contribution in [2.45, 2.75) is 13.0 Å². The number of amides is 1. The van der Waals surface area contributed by atoms with Gasteiger partial charge in [0.15, 0.2) is 24.2 Å². The van der Waals surface area contributed by atoms with Gasteiger partial charge in [-0.3, -0.25) is 4.79 Å². The van der Waals surface area contributed by atoms with Gasteiger partial charge in [-0.25, -0.2) is 4.79 Å². The molecule has 1 heterocycles. The predicted octanol–water partition coefficient (Wildman–Crippen LogP) is 3.06. The van der Waals surface area contributed by atoms with Gasteiger partial charge in [0.1, 0.15) is 19.0 Å². The molecule has 2 aromatic carbocycles. The van der Waals surface area contributed by atoms with Crippen LogP contribution >= 0.6 is 11.6 Å². The summed E-state index contributed by atoms with van der Waals surface area (Å²) >= 11 is 5.79. The van der Waals surface area contributed by atoms with Crippen molar-refractivity contribution in [1.29, 1.82) is 0 Å². The van der Waals surface area contributed by atoms with Crippen LogP contribution in [-0.2, 0) is 14.3 Å². The molecule has 2 aromatic rings. The Bertz CT molecular complexity index is 823. The van der Waals surface area contributed by atoms with Gasteiger partial charge in [-0.15, -0.1) is 0 Å². The molecule has 1 amide bonds. The Morgan fingerprint density at radius 2 is 1.81 bits per heavy atom. The van der Waals surface area contributed by atoms with Crippen molar-refractivity contribution in [3.8, 4) is 17.2 Å². The van der Waals surface area contributed by atoms with Gasteiger partial charge >= 0.3 is 5.97 Å². The van der Waals surface area contributed by atoms with Gasteiger partial charge in [-0.2, -0.15) is 0 Å². The number of ether oxygens (including phenoxy) is 4. The summed E-state index contributed by atoms with van der Waals surface area (Å²) in [5.41, 5.74) is 0.519. The third-order valence-corrected chi connectivity index (χ3v) is 3.88. The van der Waals surface area contributed by atoms with Gasteiger partial charge in [0.05, 0.1) is 0 Å². The fourth-order valence-electron chi connectivity index (χ4n) is 2.34. The molecule has 142 valence electrons. The summed E-state index contributed by atoms with van der Waals surface area (Å²) in [6.45, 7) is 2.05. The Kier molecular flexibility index (Phi) is 6.03. The Balaban J connectivity index is 1.46. The first-order valence-electron chi connectivity index (χ1n) is 8.29. The zero-order chi connectivity index (χ0) is 19.2. The van der Waals surface area contributed by atoms with Crippen molar-refractivity contribution in [2.75, 3.05) is 25.1 Å². The van der Waals surface area contributed by atoms with Gasteiger partial charge in [0.25, 0.3) is 5.91 Å². The van der Waals surface area contributed by atoms with Crippen LogP contribution in [0, 0.1) is 0 Å². The van der Waals surface area contributed by atoms with Gasteiger partial charge < -0.3 is 24.3 Å². The molecule has 8 heteroatoms. The van der Waals surface area contributed by atoms with Crippen LogP contribution in [0.4, 0.5) is 5.69 Å². The van der Waals surface area contributed by atoms with Crippen LogP contribution in [0.3, 0.4) is 0 Å². The fourth-order valence-corrected chi connectivity index (χ4v) is 2.46. The summed E-state index contributed by atoms with van der Waals surface area (Å²) in [6, 6.07) is 11.6. The van der Waals surface area contributed by atoms with Crippen LogP contribution in [0.15, 0.2) is 42.5 Å². The van der Waals surface area contributed by atoms with Crippen molar-refractivity contribution in [2.24, 2.45) is 0 Å². The largest absolute Gasteiger partial charge is 0.486 e. The molecule has 1 aliphatic heterocycles. The van der Waals surface area contributed by atoms with E-state index in [1.807, 2.05) is 0 Å². The summed E-state index contributed by atoms with van der Waals surface area (Å²) in [6.07, 6.45) is -0.867. The number of esters is 1. The van der Waals surface area contributed by atoms with Crippen molar-refractivity contribution < 1.29 is 28.5 Å². The molecule has 1 unspecified atom stereocenters. The maximum atomic E-state index is 12.0. The van der Waals surface area contributed by atoms with Crippen LogP contribution in [0.1, 0.15) is 6.92 Å². The minimum absolute atomic E-state index is 0.429. The minimum Gasteiger partial charge on any atom is -0.486 e. The zero-order valence-electron chi connectivity index (χ0n) is 14.6. The van der Waals surface area contributed by atoms with Gasteiger partial charge in [-0.05, 0) is 43.3 Å². The van der Waals surface area contributed by atoms with Crippen molar-refractivity contribution >= 4 is 29.2 Å². The van der Waals surface area contributed by atoms with E-state index < -0.39 is 24.6 Å². The lowest BCUT2D eigenvalue weighted by Crippen LogP contribution is -2.29. The lowest BCUT2D eigenvalue weighted by Gasteiger charge is -2.19. The number of carbonyl (C=O) groups excluding carboxylic acids is 2. The standard InChI is InChI=1S/C19H18ClNO6/c1-12(27-15-5-2-13(20)3-6-15)19(23)26-11-18(22)21-14-4-7-16-17(10-14)25-9-8-24-16/h2-7,10,12H,8-9,11H2,1H3,(H,21,22). The van der Waals surface area contributed by atoms with Crippen molar-refractivity contribution in [1.82, 2.24) is 0 Å². The number of anilines is 1. The average molecular weight is 392 g/mol. The third-order valence-electron chi connectivity index (χ3n) is 3.63. The molecule has 0 fully saturated rings. The van der Waals surface area contributed by atoms with E-state index in [-0.39, 0.29) is 0 Å². The molecule has 0 saturated carbocycles. The van der Waals surface area contributed by atoms with Crippen molar-refractivity contribution in [3.63, 3.8) is 0 Å². The predicted molar refractivity (Wildman–Crippen MR) is 98.6 cm³/mol. The Morgan fingerprint density at radius 1 is 1.11 bits per heavy atom. The first-order valence-corrected chi connectivity index (χ1v) is 8.67. The molecule has 0 saturated heterocycles. The highest BCUT2D eigenvalue weighted by atomic mass is 35.5. The number of hydrogen-bond acceptors (Lipinski definition) is 6. The Hall–Kier alpha value is -2.93. The first kappa shape index (κ1) is 18.8. The number of carbonyl (C=O) groups is 2. The van der Waals surface area contributed by atoms with E-state index in [2.05, 4.69) is 5.32 Å². The number of hydrogen-bond donors (Lipinski definition) is 1. The highest BCUT2D eigenvalue weighted by Gasteiger charge is 2.18. The molecule has 7 nitrogen and oxygen atoms in total. The summed E-state index contributed by atoms with van der Waals surface area (Å²) < 4.78 is 21.3. The highest BCUT2D eigenvalue weighted by molar-refractivity contribution is 6.30. The van der Waals surface area contributed by atoms with Gasteiger partial charge in [0, 0.05) is 16.8 Å². The Morgan fingerprint density at radius 3 is 2.56 bits per heavy atom. The minimum atomic E-state index is -0.867. The molecule has 3 rings (SSSR count). The third kappa shape index (κ3) is 5.27. The quantitative estimate of drug-likeness (QED) is 0.762. The number of halogens is 1. The molecule has 1 atom stereocenters. The molecule has 0 spiro atoms. The maximum Gasteiger partial charge on any atom is 0.347 e. The van der Waals surface area contributed by atoms with Crippen LogP contribution in [0.2, 0.25) is 5.02 Å². The summed E-state index contributed by atoms with van der Waals surface area (Å²) in [7, 11) is 0. The molecular weight excluding hydrogens is 374 g/mol. The zero-order valence-corrected chi connectivity index (χ0v) is 15.3. The number of nitrogens with one attached hydrogen (secondary N) is 1. The lowest BCUT2D eigenvalue weighted by atomic mass is 10.2. The molecule has 0 radical (unpaired) electrons. The van der Waals surface area contributed by atoms with Gasteiger partial charge in [-0.1, -0.05) is 11.6 Å². The molecule has 0 bridgehead atoms. The van der Waals surface area contributed by atoms with E-state index in [1.54, 1.807) is 42.5 Å². The van der Waals surface area contributed by atoms with E-state index in [4.69, 9.17) is 30.5 Å². The second kappa shape index (κ2) is 8.64. The number of fused-ring (bicyclic) bond motifs is 1. The summed E-state index contributed by atoms with van der Waals surface area (Å²) in [5.74, 6) is 0.533. The Labute approximate surface area is 161 Å². The van der Waals surface area contributed by atoms with Crippen LogP contribution < -0.4 is 19.5 Å².